The third kappa shape index (κ3) is 1.15. The molecule has 3 aliphatic carbocycles. The van der Waals surface area contributed by atoms with Crippen LogP contribution in [-0.4, -0.2) is 17.0 Å². The van der Waals surface area contributed by atoms with Gasteiger partial charge in [-0.15, -0.1) is 0 Å². The molecule has 0 amide bonds. The Morgan fingerprint density at radius 2 is 2.06 bits per heavy atom. The number of carbonyl (C=O) groups excluding carboxylic acids is 1. The number of hydrogen-bond donors (Lipinski definition) is 1. The van der Waals surface area contributed by atoms with Crippen molar-refractivity contribution in [3.8, 4) is 0 Å². The van der Waals surface area contributed by atoms with Crippen molar-refractivity contribution in [2.75, 3.05) is 0 Å². The summed E-state index contributed by atoms with van der Waals surface area (Å²) in [6, 6.07) is 8.62. The molecule has 94 valence electrons. The SMILES string of the molecule is O=C1[C@@H]2C[C@@]3(CC[C@H]2O)c2ccccc2CC[C@@H]13. The monoisotopic (exact) mass is 242 g/mol. The number of Topliss-reactive ketones (excluding diaryl/α,β-unsaturated/α-hetero) is 1. The summed E-state index contributed by atoms with van der Waals surface area (Å²) in [5.74, 6) is 0.430. The lowest BCUT2D eigenvalue weighted by Gasteiger charge is -2.42. The number of fused-ring (bicyclic) bond motifs is 2. The van der Waals surface area contributed by atoms with Crippen LogP contribution in [0, 0.1) is 11.8 Å². The van der Waals surface area contributed by atoms with Crippen LogP contribution in [0.3, 0.4) is 0 Å². The molecule has 1 aromatic carbocycles. The second-order valence-corrected chi connectivity index (χ2v) is 6.22. The molecule has 2 saturated carbocycles. The van der Waals surface area contributed by atoms with Gasteiger partial charge in [-0.2, -0.15) is 0 Å². The molecule has 2 bridgehead atoms. The van der Waals surface area contributed by atoms with Crippen LogP contribution < -0.4 is 0 Å². The summed E-state index contributed by atoms with van der Waals surface area (Å²) in [5.41, 5.74) is 2.90. The van der Waals surface area contributed by atoms with Crippen LogP contribution in [-0.2, 0) is 16.6 Å². The van der Waals surface area contributed by atoms with Gasteiger partial charge in [0.15, 0.2) is 0 Å². The van der Waals surface area contributed by atoms with Gasteiger partial charge in [0.05, 0.1) is 6.10 Å². The molecule has 1 aromatic rings. The maximum atomic E-state index is 12.5. The molecule has 0 aliphatic heterocycles. The number of benzene rings is 1. The minimum Gasteiger partial charge on any atom is -0.392 e. The van der Waals surface area contributed by atoms with Crippen LogP contribution in [0.25, 0.3) is 0 Å². The normalized spacial score (nSPS) is 41.4. The standard InChI is InChI=1S/C16H18O2/c17-14-7-8-16-9-11(14)15(18)13(16)6-5-10-3-1-2-4-12(10)16/h1-4,11,13-14,17H,5-9H2/t11-,13+,14-,16+/m1/s1. The Balaban J connectivity index is 1.90. The van der Waals surface area contributed by atoms with Crippen LogP contribution >= 0.6 is 0 Å². The zero-order valence-electron chi connectivity index (χ0n) is 10.4. The molecule has 18 heavy (non-hydrogen) atoms. The van der Waals surface area contributed by atoms with Crippen LogP contribution in [0.5, 0.6) is 0 Å². The van der Waals surface area contributed by atoms with Crippen molar-refractivity contribution in [3.63, 3.8) is 0 Å². The van der Waals surface area contributed by atoms with Crippen LogP contribution in [0.15, 0.2) is 24.3 Å². The van der Waals surface area contributed by atoms with E-state index in [0.29, 0.717) is 5.78 Å². The first-order valence-corrected chi connectivity index (χ1v) is 7.02. The fourth-order valence-corrected chi connectivity index (χ4v) is 4.75. The molecule has 0 unspecified atom stereocenters. The minimum atomic E-state index is -0.388. The molecule has 2 heteroatoms. The summed E-state index contributed by atoms with van der Waals surface area (Å²) in [7, 11) is 0. The molecule has 0 radical (unpaired) electrons. The maximum Gasteiger partial charge on any atom is 0.142 e. The number of rotatable bonds is 0. The third-order valence-electron chi connectivity index (χ3n) is 5.57. The molecule has 3 aliphatic rings. The lowest BCUT2D eigenvalue weighted by atomic mass is 9.61. The van der Waals surface area contributed by atoms with Gasteiger partial charge in [0.2, 0.25) is 0 Å². The van der Waals surface area contributed by atoms with Crippen molar-refractivity contribution in [1.82, 2.24) is 0 Å². The zero-order valence-corrected chi connectivity index (χ0v) is 10.4. The van der Waals surface area contributed by atoms with E-state index in [9.17, 15) is 9.90 Å². The van der Waals surface area contributed by atoms with Crippen LogP contribution in [0.4, 0.5) is 0 Å². The number of ketones is 1. The van der Waals surface area contributed by atoms with Gasteiger partial charge in [-0.05, 0) is 43.2 Å². The van der Waals surface area contributed by atoms with Gasteiger partial charge in [-0.3, -0.25) is 4.79 Å². The van der Waals surface area contributed by atoms with Crippen molar-refractivity contribution < 1.29 is 9.90 Å². The summed E-state index contributed by atoms with van der Waals surface area (Å²) in [6.45, 7) is 0. The van der Waals surface area contributed by atoms with Gasteiger partial charge in [0.1, 0.15) is 5.78 Å². The van der Waals surface area contributed by atoms with Gasteiger partial charge in [0, 0.05) is 17.3 Å². The van der Waals surface area contributed by atoms with E-state index < -0.39 is 0 Å². The Kier molecular flexibility index (Phi) is 2.06. The van der Waals surface area contributed by atoms with Gasteiger partial charge in [-0.25, -0.2) is 0 Å². The largest absolute Gasteiger partial charge is 0.392 e. The second-order valence-electron chi connectivity index (χ2n) is 6.22. The van der Waals surface area contributed by atoms with Crippen LogP contribution in [0.2, 0.25) is 0 Å². The number of carbonyl (C=O) groups is 1. The Morgan fingerprint density at radius 1 is 1.22 bits per heavy atom. The molecule has 0 heterocycles. The molecule has 2 fully saturated rings. The van der Waals surface area contributed by atoms with Gasteiger partial charge >= 0.3 is 0 Å². The third-order valence-corrected chi connectivity index (χ3v) is 5.57. The molecular formula is C16H18O2. The zero-order chi connectivity index (χ0) is 12.3. The first-order chi connectivity index (χ1) is 8.72. The Hall–Kier alpha value is -1.15. The Morgan fingerprint density at radius 3 is 2.94 bits per heavy atom. The fraction of sp³-hybridized carbons (Fsp3) is 0.562. The predicted octanol–water partition coefficient (Wildman–Crippen LogP) is 2.23. The molecule has 1 N–H and O–H groups in total. The predicted molar refractivity (Wildman–Crippen MR) is 68.3 cm³/mol. The molecule has 4 rings (SSSR count). The number of aliphatic hydroxyl groups excluding tert-OH is 1. The fourth-order valence-electron chi connectivity index (χ4n) is 4.75. The quantitative estimate of drug-likeness (QED) is 0.757. The van der Waals surface area contributed by atoms with E-state index in [1.54, 1.807) is 0 Å². The topological polar surface area (TPSA) is 37.3 Å². The number of aryl methyl sites for hydroxylation is 1. The van der Waals surface area contributed by atoms with Crippen LogP contribution in [0.1, 0.15) is 36.8 Å². The van der Waals surface area contributed by atoms with E-state index in [-0.39, 0.29) is 23.4 Å². The Bertz CT molecular complexity index is 522. The van der Waals surface area contributed by atoms with Crippen molar-refractivity contribution in [2.45, 2.75) is 43.6 Å². The van der Waals surface area contributed by atoms with Crippen molar-refractivity contribution in [1.29, 1.82) is 0 Å². The van der Waals surface area contributed by atoms with Gasteiger partial charge < -0.3 is 5.11 Å². The summed E-state index contributed by atoms with van der Waals surface area (Å²) >= 11 is 0. The first-order valence-electron chi connectivity index (χ1n) is 7.02. The highest BCUT2D eigenvalue weighted by Gasteiger charge is 2.59. The lowest BCUT2D eigenvalue weighted by molar-refractivity contribution is -0.126. The van der Waals surface area contributed by atoms with Crippen molar-refractivity contribution in [2.24, 2.45) is 11.8 Å². The van der Waals surface area contributed by atoms with E-state index in [1.165, 1.54) is 11.1 Å². The highest BCUT2D eigenvalue weighted by atomic mass is 16.3. The average molecular weight is 242 g/mol. The summed E-state index contributed by atoms with van der Waals surface area (Å²) < 4.78 is 0. The van der Waals surface area contributed by atoms with E-state index >= 15 is 0 Å². The molecular weight excluding hydrogens is 224 g/mol. The maximum absolute atomic E-state index is 12.5. The summed E-state index contributed by atoms with van der Waals surface area (Å²) in [5, 5.41) is 10.0. The number of aliphatic hydroxyl groups is 1. The molecule has 1 spiro atoms. The first kappa shape index (κ1) is 10.7. The Labute approximate surface area is 107 Å². The van der Waals surface area contributed by atoms with Gasteiger partial charge in [0.25, 0.3) is 0 Å². The highest BCUT2D eigenvalue weighted by Crippen LogP contribution is 2.58. The van der Waals surface area contributed by atoms with E-state index in [4.69, 9.17) is 0 Å². The van der Waals surface area contributed by atoms with Gasteiger partial charge in [-0.1, -0.05) is 24.3 Å². The molecule has 0 aromatic heterocycles. The van der Waals surface area contributed by atoms with Crippen molar-refractivity contribution >= 4 is 5.78 Å². The molecule has 4 atom stereocenters. The molecule has 2 nitrogen and oxygen atoms in total. The smallest absolute Gasteiger partial charge is 0.142 e. The minimum absolute atomic E-state index is 0.0653. The van der Waals surface area contributed by atoms with Crippen molar-refractivity contribution in [3.05, 3.63) is 35.4 Å². The molecule has 0 saturated heterocycles. The second kappa shape index (κ2) is 3.45. The average Bonchev–Trinajstić information content (AvgIpc) is 2.65. The number of hydrogen-bond acceptors (Lipinski definition) is 2. The lowest BCUT2D eigenvalue weighted by Crippen LogP contribution is -2.39. The highest BCUT2D eigenvalue weighted by molar-refractivity contribution is 5.89. The van der Waals surface area contributed by atoms with E-state index in [2.05, 4.69) is 24.3 Å². The van der Waals surface area contributed by atoms with E-state index in [1.807, 2.05) is 0 Å². The summed E-state index contributed by atoms with van der Waals surface area (Å²) in [6.07, 6.45) is 4.28. The van der Waals surface area contributed by atoms with E-state index in [0.717, 1.165) is 32.1 Å². The summed E-state index contributed by atoms with van der Waals surface area (Å²) in [4.78, 5) is 12.5.